The molecule has 0 atom stereocenters. The molecule has 0 radical (unpaired) electrons. The first-order chi connectivity index (χ1) is 32.9. The first-order valence-electron chi connectivity index (χ1n) is 26.9. The van der Waals surface area contributed by atoms with Crippen LogP contribution in [0.4, 0.5) is 34.1 Å². The standard InChI is InChI=1S/C68H85BN2S/c1-40-30-46(65(12,13)14)31-41(2)59(40)71-56-39-49(68(21,22)23)38-55-58(56)69(61-60(71)51-36-44(63(6,7)8)26-29-57(51)72-61)52-37-45(64(9,10)11)25-28-54(52)70(55)53-27-24-43(62(3,4)5)35-50(53)42-32-47(66(15,16)17)34-48(33-42)67(18,19)20/h24-39H,1-23H3. The zero-order valence-corrected chi connectivity index (χ0v) is 49.4. The van der Waals surface area contributed by atoms with Crippen LogP contribution in [0.3, 0.4) is 0 Å². The van der Waals surface area contributed by atoms with Gasteiger partial charge in [-0.05, 0) is 161 Å². The molecule has 0 aliphatic carbocycles. The maximum atomic E-state index is 2.74. The normalized spacial score (nSPS) is 14.5. The van der Waals surface area contributed by atoms with Crippen LogP contribution in [0.2, 0.25) is 0 Å². The van der Waals surface area contributed by atoms with E-state index in [4.69, 9.17) is 0 Å². The number of thiophene rings is 1. The number of hydrogen-bond donors (Lipinski definition) is 0. The molecule has 9 rings (SSSR count). The maximum Gasteiger partial charge on any atom is 0.264 e. The number of anilines is 6. The fourth-order valence-corrected chi connectivity index (χ4v) is 12.5. The van der Waals surface area contributed by atoms with Crippen molar-refractivity contribution in [3.8, 4) is 11.1 Å². The largest absolute Gasteiger partial charge is 0.311 e. The van der Waals surface area contributed by atoms with Crippen LogP contribution in [0.15, 0.2) is 97.1 Å². The highest BCUT2D eigenvalue weighted by Crippen LogP contribution is 2.53. The van der Waals surface area contributed by atoms with Gasteiger partial charge in [-0.15, -0.1) is 11.3 Å². The third-order valence-corrected chi connectivity index (χ3v) is 17.1. The van der Waals surface area contributed by atoms with Gasteiger partial charge in [-0.2, -0.15) is 0 Å². The van der Waals surface area contributed by atoms with E-state index in [-0.39, 0.29) is 44.6 Å². The fraction of sp³-hybridized carbons (Fsp3) is 0.441. The third kappa shape index (κ3) is 8.98. The van der Waals surface area contributed by atoms with E-state index in [2.05, 4.69) is 266 Å². The Labute approximate surface area is 440 Å². The lowest BCUT2D eigenvalue weighted by atomic mass is 9.36. The first kappa shape index (κ1) is 51.8. The van der Waals surface area contributed by atoms with Crippen molar-refractivity contribution in [2.75, 3.05) is 9.80 Å². The van der Waals surface area contributed by atoms with Gasteiger partial charge in [0.1, 0.15) is 0 Å². The molecule has 0 amide bonds. The summed E-state index contributed by atoms with van der Waals surface area (Å²) in [6, 6.07) is 39.8. The Morgan fingerprint density at radius 3 is 1.28 bits per heavy atom. The molecule has 4 heteroatoms. The van der Waals surface area contributed by atoms with Crippen LogP contribution in [-0.4, -0.2) is 6.71 Å². The number of hydrogen-bond acceptors (Lipinski definition) is 3. The highest BCUT2D eigenvalue weighted by atomic mass is 32.1. The van der Waals surface area contributed by atoms with E-state index in [1.807, 2.05) is 11.3 Å². The number of nitrogens with zero attached hydrogens (tertiary/aromatic N) is 2. The number of benzene rings is 6. The second-order valence-corrected chi connectivity index (χ2v) is 30.2. The smallest absolute Gasteiger partial charge is 0.264 e. The molecule has 376 valence electrons. The minimum absolute atomic E-state index is 0.00693. The summed E-state index contributed by atoms with van der Waals surface area (Å²) in [4.78, 5) is 5.44. The molecular weight excluding hydrogens is 888 g/mol. The summed E-state index contributed by atoms with van der Waals surface area (Å²) in [5.41, 5.74) is 24.8. The molecule has 72 heavy (non-hydrogen) atoms. The highest BCUT2D eigenvalue weighted by Gasteiger charge is 2.47. The van der Waals surface area contributed by atoms with Gasteiger partial charge in [-0.25, -0.2) is 0 Å². The van der Waals surface area contributed by atoms with E-state index in [1.165, 1.54) is 121 Å². The lowest BCUT2D eigenvalue weighted by Gasteiger charge is -2.45. The van der Waals surface area contributed by atoms with Gasteiger partial charge in [0, 0.05) is 37.5 Å². The van der Waals surface area contributed by atoms with E-state index in [9.17, 15) is 0 Å². The average Bonchev–Trinajstić information content (AvgIpc) is 3.62. The first-order valence-corrected chi connectivity index (χ1v) is 27.7. The van der Waals surface area contributed by atoms with Gasteiger partial charge in [0.15, 0.2) is 0 Å². The molecule has 2 aliphatic heterocycles. The number of aryl methyl sites for hydroxylation is 2. The molecule has 0 unspecified atom stereocenters. The molecule has 2 nitrogen and oxygen atoms in total. The summed E-state index contributed by atoms with van der Waals surface area (Å²) in [5.74, 6) is 0. The Hall–Kier alpha value is -5.06. The van der Waals surface area contributed by atoms with Crippen LogP contribution >= 0.6 is 11.3 Å². The number of rotatable bonds is 3. The number of fused-ring (bicyclic) bond motifs is 6. The van der Waals surface area contributed by atoms with Crippen LogP contribution in [0.25, 0.3) is 21.2 Å². The Balaban J connectivity index is 1.49. The Bertz CT molecular complexity index is 3250. The average molecular weight is 973 g/mol. The predicted molar refractivity (Wildman–Crippen MR) is 322 cm³/mol. The minimum atomic E-state index is -0.146. The van der Waals surface area contributed by atoms with Crippen molar-refractivity contribution in [2.45, 2.75) is 197 Å². The maximum absolute atomic E-state index is 2.74. The van der Waals surface area contributed by atoms with Crippen molar-refractivity contribution in [2.24, 2.45) is 0 Å². The van der Waals surface area contributed by atoms with E-state index < -0.39 is 0 Å². The van der Waals surface area contributed by atoms with Crippen molar-refractivity contribution < 1.29 is 0 Å². The quantitative estimate of drug-likeness (QED) is 0.163. The van der Waals surface area contributed by atoms with Crippen molar-refractivity contribution in [1.82, 2.24) is 0 Å². The molecule has 1 aromatic heterocycles. The van der Waals surface area contributed by atoms with Gasteiger partial charge < -0.3 is 9.80 Å². The molecule has 0 fully saturated rings. The molecule has 6 aromatic carbocycles. The summed E-state index contributed by atoms with van der Waals surface area (Å²) < 4.78 is 2.77. The van der Waals surface area contributed by atoms with Crippen molar-refractivity contribution in [3.05, 3.63) is 147 Å². The fourth-order valence-electron chi connectivity index (χ4n) is 11.2. The Kier molecular flexibility index (Phi) is 12.0. The summed E-state index contributed by atoms with van der Waals surface area (Å²) in [6.07, 6.45) is 0. The second kappa shape index (κ2) is 16.7. The van der Waals surface area contributed by atoms with Gasteiger partial charge >= 0.3 is 0 Å². The summed E-state index contributed by atoms with van der Waals surface area (Å²) in [6.45, 7) is 54.4. The molecular formula is C68H85BN2S. The zero-order valence-electron chi connectivity index (χ0n) is 48.6. The van der Waals surface area contributed by atoms with Gasteiger partial charge in [0.2, 0.25) is 0 Å². The van der Waals surface area contributed by atoms with Crippen LogP contribution < -0.4 is 25.5 Å². The SMILES string of the molecule is Cc1cc(C(C)(C)C)cc(C)c1N1c2cc(C(C)(C)C)cc3c2B(c2cc(C(C)(C)C)ccc2N3c2ccc(C(C)(C)C)cc2-c2cc(C(C)(C)C)cc(C(C)(C)C)c2)c2sc3ccc(C(C)(C)C)cc3c21. The van der Waals surface area contributed by atoms with Crippen molar-refractivity contribution in [1.29, 1.82) is 0 Å². The van der Waals surface area contributed by atoms with Crippen LogP contribution in [0, 0.1) is 13.8 Å². The van der Waals surface area contributed by atoms with E-state index >= 15 is 0 Å². The molecule has 2 aliphatic rings. The molecule has 0 bridgehead atoms. The van der Waals surface area contributed by atoms with Crippen LogP contribution in [0.5, 0.6) is 0 Å². The van der Waals surface area contributed by atoms with Gasteiger partial charge in [-0.3, -0.25) is 0 Å². The Morgan fingerprint density at radius 2 is 0.778 bits per heavy atom. The Morgan fingerprint density at radius 1 is 0.361 bits per heavy atom. The van der Waals surface area contributed by atoms with Crippen LogP contribution in [0.1, 0.15) is 195 Å². The highest BCUT2D eigenvalue weighted by molar-refractivity contribution is 7.33. The zero-order chi connectivity index (χ0) is 53.0. The van der Waals surface area contributed by atoms with Gasteiger partial charge in [-0.1, -0.05) is 200 Å². The molecule has 0 saturated heterocycles. The summed E-state index contributed by atoms with van der Waals surface area (Å²) in [5, 5.41) is 1.35. The van der Waals surface area contributed by atoms with Crippen molar-refractivity contribution >= 4 is 78.0 Å². The molecule has 0 spiro atoms. The van der Waals surface area contributed by atoms with E-state index in [1.54, 1.807) is 0 Å². The van der Waals surface area contributed by atoms with Gasteiger partial charge in [0.05, 0.1) is 17.1 Å². The minimum Gasteiger partial charge on any atom is -0.311 e. The van der Waals surface area contributed by atoms with E-state index in [0.29, 0.717) is 0 Å². The monoisotopic (exact) mass is 973 g/mol. The third-order valence-electron chi connectivity index (χ3n) is 15.9. The summed E-state index contributed by atoms with van der Waals surface area (Å²) in [7, 11) is 0. The van der Waals surface area contributed by atoms with Gasteiger partial charge in [0.25, 0.3) is 6.71 Å². The predicted octanol–water partition coefficient (Wildman–Crippen LogP) is 18.4. The van der Waals surface area contributed by atoms with E-state index in [0.717, 1.165) is 0 Å². The molecule has 7 aromatic rings. The summed E-state index contributed by atoms with van der Waals surface area (Å²) >= 11 is 2.01. The lowest BCUT2D eigenvalue weighted by molar-refractivity contribution is 0.569. The van der Waals surface area contributed by atoms with Crippen molar-refractivity contribution in [3.63, 3.8) is 0 Å². The lowest BCUT2D eigenvalue weighted by Crippen LogP contribution is -2.60. The molecule has 0 saturated carbocycles. The topological polar surface area (TPSA) is 6.48 Å². The second-order valence-electron chi connectivity index (χ2n) is 29.1. The molecule has 0 N–H and O–H groups in total. The molecule has 3 heterocycles. The van der Waals surface area contributed by atoms with Crippen LogP contribution in [-0.2, 0) is 37.9 Å².